The minimum atomic E-state index is -1.58. The van der Waals surface area contributed by atoms with E-state index >= 15 is 0 Å². The normalized spacial score (nSPS) is 8.00. The maximum absolute atomic E-state index is 10.2. The average Bonchev–Trinajstić information content (AvgIpc) is 1.82. The minimum Gasteiger partial charge on any atom is -0.481 e. The van der Waals surface area contributed by atoms with Crippen LogP contribution in [0.5, 0.6) is 0 Å². The third-order valence-electron chi connectivity index (χ3n) is 0.804. The number of aliphatic carboxylic acids is 2. The Bertz CT molecular complexity index is 176. The van der Waals surface area contributed by atoms with Gasteiger partial charge in [-0.15, -0.1) is 0 Å². The van der Waals surface area contributed by atoms with E-state index < -0.39 is 30.6 Å². The molecule has 0 aromatic heterocycles. The van der Waals surface area contributed by atoms with Gasteiger partial charge in [-0.3, -0.25) is 9.59 Å². The molecule has 0 rings (SSSR count). The van der Waals surface area contributed by atoms with E-state index in [1.54, 1.807) is 0 Å². The van der Waals surface area contributed by atoms with Crippen LogP contribution in [0.25, 0.3) is 0 Å². The second kappa shape index (κ2) is 6.33. The predicted octanol–water partition coefficient (Wildman–Crippen LogP) is -0.876. The Kier molecular flexibility index (Phi) is 7.60. The summed E-state index contributed by atoms with van der Waals surface area (Å²) < 4.78 is 0. The van der Waals surface area contributed by atoms with Crippen molar-refractivity contribution in [2.45, 2.75) is 12.8 Å². The standard InChI is InChI=1S/C5H6O5.Na/c6-3(5(9)10)1-2-4(7)8;/h1-2H2,(H,7,8)(H,9,10);. The summed E-state index contributed by atoms with van der Waals surface area (Å²) in [5, 5.41) is 16.0. The number of hydrogen-bond donors (Lipinski definition) is 2. The molecule has 0 heterocycles. The average molecular weight is 169 g/mol. The molecule has 0 fully saturated rings. The van der Waals surface area contributed by atoms with E-state index in [4.69, 9.17) is 10.2 Å². The molecule has 0 saturated carbocycles. The summed E-state index contributed by atoms with van der Waals surface area (Å²) in [6.07, 6.45) is -0.865. The summed E-state index contributed by atoms with van der Waals surface area (Å²) in [4.78, 5) is 29.7. The molecule has 11 heavy (non-hydrogen) atoms. The van der Waals surface area contributed by atoms with Crippen molar-refractivity contribution in [1.29, 1.82) is 0 Å². The molecule has 1 radical (unpaired) electrons. The van der Waals surface area contributed by atoms with Crippen molar-refractivity contribution in [1.82, 2.24) is 0 Å². The van der Waals surface area contributed by atoms with Gasteiger partial charge in [0.05, 0.1) is 6.42 Å². The van der Waals surface area contributed by atoms with Crippen molar-refractivity contribution < 1.29 is 24.6 Å². The molecule has 6 heteroatoms. The molecule has 57 valence electrons. The zero-order valence-electron chi connectivity index (χ0n) is 6.03. The molecule has 0 aliphatic heterocycles. The Morgan fingerprint density at radius 3 is 1.73 bits per heavy atom. The van der Waals surface area contributed by atoms with Gasteiger partial charge in [-0.25, -0.2) is 4.79 Å². The third-order valence-corrected chi connectivity index (χ3v) is 0.804. The Hall–Kier alpha value is -0.390. The van der Waals surface area contributed by atoms with E-state index in [1.807, 2.05) is 0 Å². The maximum atomic E-state index is 10.2. The molecule has 2 N–H and O–H groups in total. The molecular weight excluding hydrogens is 163 g/mol. The first-order valence-electron chi connectivity index (χ1n) is 2.52. The van der Waals surface area contributed by atoms with Crippen LogP contribution >= 0.6 is 0 Å². The van der Waals surface area contributed by atoms with Gasteiger partial charge in [0.1, 0.15) is 0 Å². The van der Waals surface area contributed by atoms with Crippen LogP contribution in [0.15, 0.2) is 0 Å². The van der Waals surface area contributed by atoms with E-state index in [2.05, 4.69) is 0 Å². The van der Waals surface area contributed by atoms with Crippen molar-refractivity contribution in [2.75, 3.05) is 0 Å². The zero-order chi connectivity index (χ0) is 8.15. The first-order chi connectivity index (χ1) is 4.54. The van der Waals surface area contributed by atoms with Gasteiger partial charge in [-0.2, -0.15) is 0 Å². The molecule has 0 aliphatic rings. The fourth-order valence-corrected chi connectivity index (χ4v) is 0.327. The predicted molar refractivity (Wildman–Crippen MR) is 35.3 cm³/mol. The van der Waals surface area contributed by atoms with Crippen LogP contribution in [0, 0.1) is 0 Å². The van der Waals surface area contributed by atoms with E-state index in [1.165, 1.54) is 0 Å². The topological polar surface area (TPSA) is 91.7 Å². The van der Waals surface area contributed by atoms with Crippen LogP contribution in [-0.4, -0.2) is 57.5 Å². The van der Waals surface area contributed by atoms with Crippen LogP contribution in [0.2, 0.25) is 0 Å². The number of ketones is 1. The molecule has 0 unspecified atom stereocenters. The van der Waals surface area contributed by atoms with Gasteiger partial charge in [0.25, 0.3) is 0 Å². The van der Waals surface area contributed by atoms with Gasteiger partial charge >= 0.3 is 11.9 Å². The first-order valence-corrected chi connectivity index (χ1v) is 2.52. The number of rotatable bonds is 4. The molecule has 0 spiro atoms. The van der Waals surface area contributed by atoms with Crippen molar-refractivity contribution in [3.05, 3.63) is 0 Å². The van der Waals surface area contributed by atoms with Gasteiger partial charge < -0.3 is 10.2 Å². The number of Topliss-reactive ketones (excluding diaryl/α,β-unsaturated/α-hetero) is 1. The van der Waals surface area contributed by atoms with Crippen LogP contribution in [-0.2, 0) is 14.4 Å². The number of carboxylic acid groups (broad SMARTS) is 2. The van der Waals surface area contributed by atoms with E-state index in [9.17, 15) is 14.4 Å². The van der Waals surface area contributed by atoms with Gasteiger partial charge in [-0.1, -0.05) is 0 Å². The molecule has 0 amide bonds. The molecule has 5 nitrogen and oxygen atoms in total. The molecule has 0 aromatic rings. The summed E-state index contributed by atoms with van der Waals surface area (Å²) in [7, 11) is 0. The Morgan fingerprint density at radius 1 is 1.00 bits per heavy atom. The van der Waals surface area contributed by atoms with Crippen LogP contribution in [0.3, 0.4) is 0 Å². The van der Waals surface area contributed by atoms with Crippen molar-refractivity contribution in [3.63, 3.8) is 0 Å². The van der Waals surface area contributed by atoms with Gasteiger partial charge in [0, 0.05) is 36.0 Å². The first kappa shape index (κ1) is 13.2. The van der Waals surface area contributed by atoms with E-state index in [0.717, 1.165) is 0 Å². The number of carboxylic acids is 2. The monoisotopic (exact) mass is 169 g/mol. The molecule has 0 aromatic carbocycles. The van der Waals surface area contributed by atoms with Crippen LogP contribution < -0.4 is 0 Å². The summed E-state index contributed by atoms with van der Waals surface area (Å²) in [6.45, 7) is 0. The largest absolute Gasteiger partial charge is 0.481 e. The Labute approximate surface area is 84.7 Å². The molecule has 0 bridgehead atoms. The maximum Gasteiger partial charge on any atom is 0.372 e. The van der Waals surface area contributed by atoms with Gasteiger partial charge in [0.2, 0.25) is 5.78 Å². The third kappa shape index (κ3) is 7.51. The number of carbonyl (C=O) groups is 3. The fourth-order valence-electron chi connectivity index (χ4n) is 0.327. The van der Waals surface area contributed by atoms with E-state index in [-0.39, 0.29) is 29.6 Å². The van der Waals surface area contributed by atoms with Gasteiger partial charge in [0.15, 0.2) is 0 Å². The van der Waals surface area contributed by atoms with Crippen LogP contribution in [0.1, 0.15) is 12.8 Å². The van der Waals surface area contributed by atoms with Crippen molar-refractivity contribution in [2.24, 2.45) is 0 Å². The summed E-state index contributed by atoms with van der Waals surface area (Å²) in [5.74, 6) is -3.82. The second-order valence-electron chi connectivity index (χ2n) is 1.62. The molecule has 0 saturated heterocycles. The SMILES string of the molecule is O=C(O)CCC(=O)C(=O)O.[Na]. The zero-order valence-corrected chi connectivity index (χ0v) is 8.03. The van der Waals surface area contributed by atoms with Crippen molar-refractivity contribution in [3.8, 4) is 0 Å². The van der Waals surface area contributed by atoms with E-state index in [0.29, 0.717) is 0 Å². The van der Waals surface area contributed by atoms with Gasteiger partial charge in [-0.05, 0) is 0 Å². The summed E-state index contributed by atoms with van der Waals surface area (Å²) >= 11 is 0. The number of hydrogen-bond acceptors (Lipinski definition) is 3. The minimum absolute atomic E-state index is 0. The summed E-state index contributed by atoms with van der Waals surface area (Å²) in [5.41, 5.74) is 0. The fraction of sp³-hybridized carbons (Fsp3) is 0.400. The number of carbonyl (C=O) groups excluding carboxylic acids is 1. The Morgan fingerprint density at radius 2 is 1.45 bits per heavy atom. The summed E-state index contributed by atoms with van der Waals surface area (Å²) in [6, 6.07) is 0. The van der Waals surface area contributed by atoms with Crippen LogP contribution in [0.4, 0.5) is 0 Å². The molecular formula is C5H6NaO5. The Balaban J connectivity index is 0. The second-order valence-corrected chi connectivity index (χ2v) is 1.62. The smallest absolute Gasteiger partial charge is 0.372 e. The molecule has 0 atom stereocenters. The quantitative estimate of drug-likeness (QED) is 0.421. The van der Waals surface area contributed by atoms with Crippen molar-refractivity contribution >= 4 is 47.3 Å². The molecule has 0 aliphatic carbocycles.